The van der Waals surface area contributed by atoms with Crippen LogP contribution < -0.4 is 10.0 Å². The Morgan fingerprint density at radius 2 is 1.38 bits per heavy atom. The molecule has 4 aromatic carbocycles. The highest BCUT2D eigenvalue weighted by molar-refractivity contribution is 7.92. The third-order valence-corrected chi connectivity index (χ3v) is 6.23. The summed E-state index contributed by atoms with van der Waals surface area (Å²) in [6, 6.07) is 28.6. The van der Waals surface area contributed by atoms with Gasteiger partial charge in [-0.05, 0) is 42.1 Å². The molecular weight excluding hydrogens is 380 g/mol. The highest BCUT2D eigenvalue weighted by Crippen LogP contribution is 2.25. The van der Waals surface area contributed by atoms with Gasteiger partial charge >= 0.3 is 0 Å². The van der Waals surface area contributed by atoms with E-state index < -0.39 is 10.0 Å². The molecule has 0 aliphatic carbocycles. The van der Waals surface area contributed by atoms with Crippen molar-refractivity contribution in [2.75, 3.05) is 10.0 Å². The standard InChI is InChI=1S/C24H22N2O2S/c1-18-13-15-21(16-14-18)29(27,28)26-23-11-5-3-8-20(23)17-25-24-12-6-9-19-7-2-4-10-22(19)24/h2-16,25-26H,17H2,1H3. The summed E-state index contributed by atoms with van der Waals surface area (Å²) < 4.78 is 28.3. The number of para-hydroxylation sites is 1. The van der Waals surface area contributed by atoms with Crippen LogP contribution in [0, 0.1) is 6.92 Å². The minimum absolute atomic E-state index is 0.250. The lowest BCUT2D eigenvalue weighted by molar-refractivity contribution is 0.601. The van der Waals surface area contributed by atoms with Gasteiger partial charge in [-0.15, -0.1) is 0 Å². The molecule has 5 heteroatoms. The van der Waals surface area contributed by atoms with E-state index in [1.54, 1.807) is 30.3 Å². The first-order valence-electron chi connectivity index (χ1n) is 9.42. The van der Waals surface area contributed by atoms with Gasteiger partial charge in [0, 0.05) is 17.6 Å². The molecule has 0 radical (unpaired) electrons. The van der Waals surface area contributed by atoms with Crippen molar-refractivity contribution in [2.45, 2.75) is 18.4 Å². The fourth-order valence-corrected chi connectivity index (χ4v) is 4.37. The van der Waals surface area contributed by atoms with Gasteiger partial charge in [-0.25, -0.2) is 8.42 Å². The van der Waals surface area contributed by atoms with E-state index in [1.165, 1.54) is 0 Å². The molecule has 4 aromatic rings. The van der Waals surface area contributed by atoms with Crippen molar-refractivity contribution in [1.82, 2.24) is 0 Å². The fourth-order valence-electron chi connectivity index (χ4n) is 3.27. The Hall–Kier alpha value is -3.31. The van der Waals surface area contributed by atoms with Crippen LogP contribution in [0.15, 0.2) is 95.9 Å². The molecule has 0 aliphatic rings. The summed E-state index contributed by atoms with van der Waals surface area (Å²) in [5, 5.41) is 5.73. The van der Waals surface area contributed by atoms with E-state index in [0.29, 0.717) is 12.2 Å². The number of hydrogen-bond acceptors (Lipinski definition) is 3. The maximum atomic E-state index is 12.8. The first kappa shape index (κ1) is 19.0. The molecule has 0 saturated carbocycles. The van der Waals surface area contributed by atoms with Crippen LogP contribution >= 0.6 is 0 Å². The van der Waals surface area contributed by atoms with E-state index in [-0.39, 0.29) is 4.90 Å². The summed E-state index contributed by atoms with van der Waals surface area (Å²) in [5.74, 6) is 0. The molecule has 0 atom stereocenters. The zero-order valence-corrected chi connectivity index (χ0v) is 16.9. The maximum Gasteiger partial charge on any atom is 0.261 e. The van der Waals surface area contributed by atoms with Crippen molar-refractivity contribution in [3.05, 3.63) is 102 Å². The van der Waals surface area contributed by atoms with Crippen molar-refractivity contribution in [3.8, 4) is 0 Å². The third-order valence-electron chi connectivity index (χ3n) is 4.85. The maximum absolute atomic E-state index is 12.8. The summed E-state index contributed by atoms with van der Waals surface area (Å²) >= 11 is 0. The van der Waals surface area contributed by atoms with Crippen LogP contribution in [0.25, 0.3) is 10.8 Å². The average molecular weight is 403 g/mol. The van der Waals surface area contributed by atoms with Gasteiger partial charge in [0.1, 0.15) is 0 Å². The van der Waals surface area contributed by atoms with Crippen molar-refractivity contribution in [1.29, 1.82) is 0 Å². The molecule has 29 heavy (non-hydrogen) atoms. The molecule has 2 N–H and O–H groups in total. The second kappa shape index (κ2) is 7.97. The molecule has 4 nitrogen and oxygen atoms in total. The van der Waals surface area contributed by atoms with Crippen LogP contribution in [-0.4, -0.2) is 8.42 Å². The van der Waals surface area contributed by atoms with E-state index in [0.717, 1.165) is 27.6 Å². The van der Waals surface area contributed by atoms with Crippen LogP contribution in [0.2, 0.25) is 0 Å². The second-order valence-corrected chi connectivity index (χ2v) is 8.64. The van der Waals surface area contributed by atoms with Crippen LogP contribution in [-0.2, 0) is 16.6 Å². The predicted octanol–water partition coefficient (Wildman–Crippen LogP) is 5.56. The summed E-state index contributed by atoms with van der Waals surface area (Å²) in [6.45, 7) is 2.43. The Balaban J connectivity index is 1.58. The van der Waals surface area contributed by atoms with Crippen molar-refractivity contribution in [3.63, 3.8) is 0 Å². The van der Waals surface area contributed by atoms with Gasteiger partial charge in [-0.2, -0.15) is 0 Å². The molecule has 4 rings (SSSR count). The third kappa shape index (κ3) is 4.25. The zero-order valence-electron chi connectivity index (χ0n) is 16.1. The number of fused-ring (bicyclic) bond motifs is 1. The predicted molar refractivity (Wildman–Crippen MR) is 120 cm³/mol. The lowest BCUT2D eigenvalue weighted by atomic mass is 10.1. The summed E-state index contributed by atoms with van der Waals surface area (Å²) in [7, 11) is -3.65. The second-order valence-electron chi connectivity index (χ2n) is 6.96. The fraction of sp³-hybridized carbons (Fsp3) is 0.0833. The molecule has 0 bridgehead atoms. The highest BCUT2D eigenvalue weighted by Gasteiger charge is 2.15. The smallest absolute Gasteiger partial charge is 0.261 e. The Kier molecular flexibility index (Phi) is 5.23. The van der Waals surface area contributed by atoms with Crippen LogP contribution in [0.4, 0.5) is 11.4 Å². The molecule has 0 heterocycles. The topological polar surface area (TPSA) is 58.2 Å². The Morgan fingerprint density at radius 3 is 2.21 bits per heavy atom. The van der Waals surface area contributed by atoms with Gasteiger partial charge < -0.3 is 5.32 Å². The van der Waals surface area contributed by atoms with Gasteiger partial charge in [0.05, 0.1) is 10.6 Å². The number of nitrogens with one attached hydrogen (secondary N) is 2. The van der Waals surface area contributed by atoms with Crippen molar-refractivity contribution < 1.29 is 8.42 Å². The molecule has 0 unspecified atom stereocenters. The van der Waals surface area contributed by atoms with Crippen LogP contribution in [0.1, 0.15) is 11.1 Å². The average Bonchev–Trinajstić information content (AvgIpc) is 2.73. The quantitative estimate of drug-likeness (QED) is 0.444. The number of anilines is 2. The summed E-state index contributed by atoms with van der Waals surface area (Å²) in [5.41, 5.74) is 3.47. The molecule has 0 aliphatic heterocycles. The van der Waals surface area contributed by atoms with Crippen LogP contribution in [0.5, 0.6) is 0 Å². The van der Waals surface area contributed by atoms with E-state index in [1.807, 2.05) is 49.4 Å². The molecule has 0 amide bonds. The van der Waals surface area contributed by atoms with Crippen molar-refractivity contribution in [2.24, 2.45) is 0 Å². The molecule has 0 saturated heterocycles. The van der Waals surface area contributed by atoms with Crippen LogP contribution in [0.3, 0.4) is 0 Å². The minimum Gasteiger partial charge on any atom is -0.380 e. The Bertz CT molecular complexity index is 1240. The molecule has 0 fully saturated rings. The minimum atomic E-state index is -3.65. The summed E-state index contributed by atoms with van der Waals surface area (Å²) in [4.78, 5) is 0.250. The molecule has 0 spiro atoms. The SMILES string of the molecule is Cc1ccc(S(=O)(=O)Nc2ccccc2CNc2cccc3ccccc23)cc1. The summed E-state index contributed by atoms with van der Waals surface area (Å²) in [6.07, 6.45) is 0. The molecule has 146 valence electrons. The van der Waals surface area contributed by atoms with E-state index in [9.17, 15) is 8.42 Å². The van der Waals surface area contributed by atoms with Gasteiger partial charge in [-0.1, -0.05) is 72.3 Å². The van der Waals surface area contributed by atoms with E-state index >= 15 is 0 Å². The monoisotopic (exact) mass is 402 g/mol. The highest BCUT2D eigenvalue weighted by atomic mass is 32.2. The van der Waals surface area contributed by atoms with Gasteiger partial charge in [-0.3, -0.25) is 4.72 Å². The number of benzene rings is 4. The number of hydrogen-bond donors (Lipinski definition) is 2. The number of rotatable bonds is 6. The molecule has 0 aromatic heterocycles. The molecular formula is C24H22N2O2S. The zero-order chi connectivity index (χ0) is 20.3. The van der Waals surface area contributed by atoms with Gasteiger partial charge in [0.25, 0.3) is 10.0 Å². The largest absolute Gasteiger partial charge is 0.380 e. The van der Waals surface area contributed by atoms with E-state index in [4.69, 9.17) is 0 Å². The normalized spacial score (nSPS) is 11.3. The number of aryl methyl sites for hydroxylation is 1. The lowest BCUT2D eigenvalue weighted by Gasteiger charge is -2.15. The lowest BCUT2D eigenvalue weighted by Crippen LogP contribution is -2.15. The Morgan fingerprint density at radius 1 is 0.724 bits per heavy atom. The van der Waals surface area contributed by atoms with E-state index in [2.05, 4.69) is 28.2 Å². The first-order chi connectivity index (χ1) is 14.0. The van der Waals surface area contributed by atoms with Gasteiger partial charge in [0.15, 0.2) is 0 Å². The van der Waals surface area contributed by atoms with Gasteiger partial charge in [0.2, 0.25) is 0 Å². The van der Waals surface area contributed by atoms with Crippen molar-refractivity contribution >= 4 is 32.2 Å². The first-order valence-corrected chi connectivity index (χ1v) is 10.9. The number of sulfonamides is 1. The Labute approximate surface area is 171 Å².